The Morgan fingerprint density at radius 3 is 2.18 bits per heavy atom. The second kappa shape index (κ2) is 7.66. The van der Waals surface area contributed by atoms with Crippen molar-refractivity contribution in [3.8, 4) is 0 Å². The summed E-state index contributed by atoms with van der Waals surface area (Å²) in [6.07, 6.45) is 1.79. The maximum atomic E-state index is 13.8. The van der Waals surface area contributed by atoms with Gasteiger partial charge >= 0.3 is 0 Å². The summed E-state index contributed by atoms with van der Waals surface area (Å²) in [5, 5.41) is 4.32. The Bertz CT molecular complexity index is 1050. The van der Waals surface area contributed by atoms with Crippen molar-refractivity contribution in [2.45, 2.75) is 6.04 Å². The van der Waals surface area contributed by atoms with Crippen LogP contribution in [0.3, 0.4) is 0 Å². The first-order valence-corrected chi connectivity index (χ1v) is 9.36. The second-order valence-electron chi connectivity index (χ2n) is 6.36. The average Bonchev–Trinajstić information content (AvgIpc) is 3.01. The predicted octanol–water partition coefficient (Wildman–Crippen LogP) is 6.22. The van der Waals surface area contributed by atoms with Gasteiger partial charge < -0.3 is 5.32 Å². The van der Waals surface area contributed by atoms with E-state index < -0.39 is 6.04 Å². The summed E-state index contributed by atoms with van der Waals surface area (Å²) in [5.74, 6) is -0.569. The van der Waals surface area contributed by atoms with Crippen LogP contribution < -0.4 is 10.2 Å². The fourth-order valence-corrected chi connectivity index (χ4v) is 3.41. The van der Waals surface area contributed by atoms with Gasteiger partial charge in [0.1, 0.15) is 11.5 Å². The zero-order valence-electron chi connectivity index (χ0n) is 14.6. The summed E-state index contributed by atoms with van der Waals surface area (Å²) >= 11 is 11.9. The molecule has 0 radical (unpaired) electrons. The maximum Gasteiger partial charge on any atom is 0.275 e. The van der Waals surface area contributed by atoms with Gasteiger partial charge in [-0.3, -0.25) is 9.69 Å². The number of benzene rings is 3. The minimum Gasteiger partial charge on any atom is -0.351 e. The molecule has 140 valence electrons. The highest BCUT2D eigenvalue weighted by atomic mass is 35.5. The third kappa shape index (κ3) is 3.75. The van der Waals surface area contributed by atoms with Gasteiger partial charge in [0.05, 0.1) is 6.04 Å². The molecule has 3 nitrogen and oxygen atoms in total. The van der Waals surface area contributed by atoms with Crippen molar-refractivity contribution in [3.63, 3.8) is 0 Å². The van der Waals surface area contributed by atoms with Crippen LogP contribution >= 0.6 is 23.2 Å². The molecule has 0 saturated heterocycles. The van der Waals surface area contributed by atoms with Gasteiger partial charge in [-0.15, -0.1) is 0 Å². The normalized spacial score (nSPS) is 16.2. The summed E-state index contributed by atoms with van der Waals surface area (Å²) in [4.78, 5) is 14.8. The van der Waals surface area contributed by atoms with Crippen LogP contribution in [0.4, 0.5) is 15.8 Å². The van der Waals surface area contributed by atoms with Crippen molar-refractivity contribution in [3.05, 3.63) is 106 Å². The predicted molar refractivity (Wildman–Crippen MR) is 111 cm³/mol. The van der Waals surface area contributed by atoms with Crippen molar-refractivity contribution < 1.29 is 9.18 Å². The Morgan fingerprint density at radius 1 is 0.893 bits per heavy atom. The molecule has 1 unspecified atom stereocenters. The van der Waals surface area contributed by atoms with Crippen LogP contribution in [0.1, 0.15) is 11.6 Å². The van der Waals surface area contributed by atoms with Gasteiger partial charge in [-0.05, 0) is 72.3 Å². The van der Waals surface area contributed by atoms with Crippen molar-refractivity contribution >= 4 is 40.5 Å². The molecule has 1 N–H and O–H groups in total. The summed E-state index contributed by atoms with van der Waals surface area (Å²) in [6.45, 7) is 0. The number of nitrogens with one attached hydrogen (secondary N) is 1. The zero-order valence-corrected chi connectivity index (χ0v) is 16.1. The van der Waals surface area contributed by atoms with E-state index in [1.165, 1.54) is 12.1 Å². The van der Waals surface area contributed by atoms with E-state index in [1.54, 1.807) is 71.6 Å². The molecule has 4 rings (SSSR count). The SMILES string of the molecule is O=C1C(Nc2ccc(Cl)cc2)=CC(c2cccc(F)c2)N1c1ccc(Cl)cc1. The highest BCUT2D eigenvalue weighted by Gasteiger charge is 2.34. The summed E-state index contributed by atoms with van der Waals surface area (Å²) in [7, 11) is 0. The molecular weight excluding hydrogens is 398 g/mol. The minimum absolute atomic E-state index is 0.216. The Morgan fingerprint density at radius 2 is 1.54 bits per heavy atom. The molecule has 28 heavy (non-hydrogen) atoms. The van der Waals surface area contributed by atoms with E-state index in [1.807, 2.05) is 0 Å². The lowest BCUT2D eigenvalue weighted by atomic mass is 10.1. The van der Waals surface area contributed by atoms with E-state index in [9.17, 15) is 9.18 Å². The Kier molecular flexibility index (Phi) is 5.07. The largest absolute Gasteiger partial charge is 0.351 e. The van der Waals surface area contributed by atoms with Gasteiger partial charge in [0.2, 0.25) is 0 Å². The van der Waals surface area contributed by atoms with Crippen LogP contribution in [-0.2, 0) is 4.79 Å². The molecule has 3 aromatic carbocycles. The van der Waals surface area contributed by atoms with Crippen LogP contribution in [0.2, 0.25) is 10.0 Å². The van der Waals surface area contributed by atoms with Crippen molar-refractivity contribution in [2.75, 3.05) is 10.2 Å². The number of nitrogens with zero attached hydrogens (tertiary/aromatic N) is 1. The van der Waals surface area contributed by atoms with Crippen LogP contribution in [0.15, 0.2) is 84.6 Å². The van der Waals surface area contributed by atoms with Crippen LogP contribution in [0.25, 0.3) is 0 Å². The van der Waals surface area contributed by atoms with Gasteiger partial charge in [-0.25, -0.2) is 4.39 Å². The lowest BCUT2D eigenvalue weighted by molar-refractivity contribution is -0.114. The lowest BCUT2D eigenvalue weighted by Gasteiger charge is -2.25. The molecule has 1 aliphatic heterocycles. The van der Waals surface area contributed by atoms with Crippen LogP contribution in [-0.4, -0.2) is 5.91 Å². The quantitative estimate of drug-likeness (QED) is 0.551. The molecule has 1 atom stereocenters. The molecule has 1 heterocycles. The Labute approximate surface area is 172 Å². The van der Waals surface area contributed by atoms with Crippen LogP contribution in [0, 0.1) is 5.82 Å². The number of carbonyl (C=O) groups excluding carboxylic acids is 1. The van der Waals surface area contributed by atoms with E-state index >= 15 is 0 Å². The molecule has 0 aliphatic carbocycles. The fraction of sp³-hybridized carbons (Fsp3) is 0.0455. The van der Waals surface area contributed by atoms with E-state index in [2.05, 4.69) is 5.32 Å². The molecule has 0 saturated carbocycles. The Balaban J connectivity index is 1.73. The highest BCUT2D eigenvalue weighted by molar-refractivity contribution is 6.31. The molecule has 6 heteroatoms. The molecule has 0 fully saturated rings. The van der Waals surface area contributed by atoms with E-state index in [0.29, 0.717) is 27.0 Å². The molecule has 1 aliphatic rings. The molecule has 0 aromatic heterocycles. The first-order valence-electron chi connectivity index (χ1n) is 8.60. The van der Waals surface area contributed by atoms with Gasteiger partial charge in [0.15, 0.2) is 0 Å². The van der Waals surface area contributed by atoms with Crippen molar-refractivity contribution in [2.24, 2.45) is 0 Å². The average molecular weight is 413 g/mol. The zero-order chi connectivity index (χ0) is 19.7. The molecular formula is C22H15Cl2FN2O. The van der Waals surface area contributed by atoms with Gasteiger partial charge in [0.25, 0.3) is 5.91 Å². The third-order valence-corrected chi connectivity index (χ3v) is 4.97. The fourth-order valence-electron chi connectivity index (χ4n) is 3.16. The molecule has 0 bridgehead atoms. The van der Waals surface area contributed by atoms with Gasteiger partial charge in [-0.2, -0.15) is 0 Å². The summed E-state index contributed by atoms with van der Waals surface area (Å²) in [6, 6.07) is 19.8. The summed E-state index contributed by atoms with van der Waals surface area (Å²) in [5.41, 5.74) is 2.50. The number of carbonyl (C=O) groups is 1. The maximum absolute atomic E-state index is 13.8. The van der Waals surface area contributed by atoms with E-state index in [0.717, 1.165) is 5.69 Å². The number of halogens is 3. The van der Waals surface area contributed by atoms with Crippen molar-refractivity contribution in [1.82, 2.24) is 0 Å². The first-order chi connectivity index (χ1) is 13.5. The monoisotopic (exact) mass is 412 g/mol. The van der Waals surface area contributed by atoms with E-state index in [-0.39, 0.29) is 11.7 Å². The number of amides is 1. The standard InChI is InChI=1S/C22H15Cl2FN2O/c23-15-4-8-18(9-5-15)26-20-13-21(14-2-1-3-17(25)12-14)27(22(20)28)19-10-6-16(24)7-11-19/h1-13,21,26H. The van der Waals surface area contributed by atoms with Crippen molar-refractivity contribution in [1.29, 1.82) is 0 Å². The number of anilines is 2. The van der Waals surface area contributed by atoms with Crippen LogP contribution in [0.5, 0.6) is 0 Å². The second-order valence-corrected chi connectivity index (χ2v) is 7.24. The molecule has 0 spiro atoms. The molecule has 3 aromatic rings. The highest BCUT2D eigenvalue weighted by Crippen LogP contribution is 2.36. The van der Waals surface area contributed by atoms with E-state index in [4.69, 9.17) is 23.2 Å². The number of rotatable bonds is 4. The van der Waals surface area contributed by atoms with Gasteiger partial charge in [0, 0.05) is 21.4 Å². The van der Waals surface area contributed by atoms with Gasteiger partial charge in [-0.1, -0.05) is 35.3 Å². The smallest absolute Gasteiger partial charge is 0.275 e. The Hall–Kier alpha value is -2.82. The molecule has 1 amide bonds. The number of hydrogen-bond acceptors (Lipinski definition) is 2. The summed E-state index contributed by atoms with van der Waals surface area (Å²) < 4.78 is 13.8. The lowest BCUT2D eigenvalue weighted by Crippen LogP contribution is -2.30. The topological polar surface area (TPSA) is 32.3 Å². The first kappa shape index (κ1) is 18.5. The minimum atomic E-state index is -0.445. The third-order valence-electron chi connectivity index (χ3n) is 4.47. The number of hydrogen-bond donors (Lipinski definition) is 1.